The summed E-state index contributed by atoms with van der Waals surface area (Å²) in [6.07, 6.45) is -1.90. The molecular weight excluding hydrogens is 465 g/mol. The molecule has 1 atom stereocenters. The highest BCUT2D eigenvalue weighted by Crippen LogP contribution is 2.42. The maximum atomic E-state index is 13.8. The van der Waals surface area contributed by atoms with Crippen molar-refractivity contribution in [3.8, 4) is 17.1 Å². The standard InChI is InChI=1S/C24H21F3N4O4/c25-24(26,27)15-9-13(10-17-20(15)35-23(28)30-17)21-29-16-7-11(6-14(22(32)33)12-2-3-12)8-18-19(16)31(21)4-1-5-34-18/h7-10,12,14H,1-6H2,(H2,28,30)(H,32,33)/t14-/m0/s1. The number of anilines is 1. The van der Waals surface area contributed by atoms with Crippen molar-refractivity contribution in [1.29, 1.82) is 0 Å². The minimum atomic E-state index is -4.68. The van der Waals surface area contributed by atoms with Crippen LogP contribution in [-0.2, 0) is 23.9 Å². The summed E-state index contributed by atoms with van der Waals surface area (Å²) in [5.41, 5.74) is 6.36. The van der Waals surface area contributed by atoms with Crippen molar-refractivity contribution in [1.82, 2.24) is 14.5 Å². The third-order valence-electron chi connectivity index (χ3n) is 6.68. The quantitative estimate of drug-likeness (QED) is 0.413. The highest BCUT2D eigenvalue weighted by Gasteiger charge is 2.37. The Bertz CT molecular complexity index is 1490. The molecule has 0 amide bonds. The molecule has 0 unspecified atom stereocenters. The van der Waals surface area contributed by atoms with Crippen LogP contribution in [0.5, 0.6) is 5.75 Å². The van der Waals surface area contributed by atoms with Crippen LogP contribution in [0.2, 0.25) is 0 Å². The van der Waals surface area contributed by atoms with Crippen molar-refractivity contribution in [2.24, 2.45) is 11.8 Å². The van der Waals surface area contributed by atoms with Gasteiger partial charge in [0.15, 0.2) is 5.58 Å². The van der Waals surface area contributed by atoms with Crippen LogP contribution in [0.25, 0.3) is 33.5 Å². The molecule has 1 saturated carbocycles. The molecule has 1 fully saturated rings. The third kappa shape index (κ3) is 3.75. The van der Waals surface area contributed by atoms with E-state index in [2.05, 4.69) is 9.97 Å². The summed E-state index contributed by atoms with van der Waals surface area (Å²) in [7, 11) is 0. The Morgan fingerprint density at radius 2 is 2.00 bits per heavy atom. The lowest BCUT2D eigenvalue weighted by molar-refractivity contribution is -0.142. The minimum absolute atomic E-state index is 0.00769. The number of carbonyl (C=O) groups is 1. The number of hydrogen-bond donors (Lipinski definition) is 2. The molecule has 8 nitrogen and oxygen atoms in total. The molecular formula is C24H21F3N4O4. The van der Waals surface area contributed by atoms with Crippen LogP contribution in [0.3, 0.4) is 0 Å². The SMILES string of the molecule is Nc1nc2cc(-c3nc4cc(C[C@H](C(=O)O)C5CC5)cc5c4n3CCCO5)cc(C(F)(F)F)c2o1. The van der Waals surface area contributed by atoms with Crippen LogP contribution in [0, 0.1) is 11.8 Å². The van der Waals surface area contributed by atoms with E-state index >= 15 is 0 Å². The van der Waals surface area contributed by atoms with Gasteiger partial charge < -0.3 is 24.6 Å². The number of carboxylic acids is 1. The van der Waals surface area contributed by atoms with Gasteiger partial charge in [0.1, 0.15) is 28.2 Å². The summed E-state index contributed by atoms with van der Waals surface area (Å²) < 4.78 is 54.3. The molecule has 2 aromatic carbocycles. The van der Waals surface area contributed by atoms with E-state index in [1.54, 1.807) is 0 Å². The summed E-state index contributed by atoms with van der Waals surface area (Å²) in [6.45, 7) is 0.926. The fourth-order valence-corrected chi connectivity index (χ4v) is 4.95. The molecule has 35 heavy (non-hydrogen) atoms. The number of aliphatic carboxylic acids is 1. The maximum Gasteiger partial charge on any atom is 0.420 e. The van der Waals surface area contributed by atoms with Gasteiger partial charge in [-0.3, -0.25) is 4.79 Å². The fraction of sp³-hybridized carbons (Fsp3) is 0.375. The average molecular weight is 486 g/mol. The highest BCUT2D eigenvalue weighted by atomic mass is 19.4. The van der Waals surface area contributed by atoms with Gasteiger partial charge in [-0.1, -0.05) is 0 Å². The number of carboxylic acid groups (broad SMARTS) is 1. The predicted molar refractivity (Wildman–Crippen MR) is 120 cm³/mol. The molecule has 0 bridgehead atoms. The number of hydrogen-bond acceptors (Lipinski definition) is 6. The second kappa shape index (κ2) is 7.62. The van der Waals surface area contributed by atoms with E-state index in [9.17, 15) is 23.1 Å². The van der Waals surface area contributed by atoms with E-state index in [0.29, 0.717) is 48.6 Å². The van der Waals surface area contributed by atoms with E-state index in [1.807, 2.05) is 16.7 Å². The largest absolute Gasteiger partial charge is 0.491 e. The number of fused-ring (bicyclic) bond motifs is 1. The number of ether oxygens (including phenoxy) is 1. The Labute approximate surface area is 196 Å². The van der Waals surface area contributed by atoms with Crippen molar-refractivity contribution in [2.45, 2.75) is 38.4 Å². The van der Waals surface area contributed by atoms with Gasteiger partial charge in [0.05, 0.1) is 18.0 Å². The van der Waals surface area contributed by atoms with Crippen LogP contribution in [0.15, 0.2) is 28.7 Å². The Morgan fingerprint density at radius 1 is 1.20 bits per heavy atom. The number of benzene rings is 2. The van der Waals surface area contributed by atoms with Crippen molar-refractivity contribution >= 4 is 34.1 Å². The third-order valence-corrected chi connectivity index (χ3v) is 6.68. The normalized spacial score (nSPS) is 16.9. The lowest BCUT2D eigenvalue weighted by atomic mass is 9.94. The van der Waals surface area contributed by atoms with Gasteiger partial charge in [0.2, 0.25) is 0 Å². The first-order valence-electron chi connectivity index (χ1n) is 11.4. The van der Waals surface area contributed by atoms with E-state index in [-0.39, 0.29) is 23.0 Å². The summed E-state index contributed by atoms with van der Waals surface area (Å²) in [4.78, 5) is 20.4. The Balaban J connectivity index is 1.52. The van der Waals surface area contributed by atoms with E-state index < -0.39 is 29.2 Å². The molecule has 1 aliphatic heterocycles. The molecule has 182 valence electrons. The summed E-state index contributed by atoms with van der Waals surface area (Å²) in [6, 6.07) is 5.77. The molecule has 2 aromatic heterocycles. The zero-order valence-corrected chi connectivity index (χ0v) is 18.4. The monoisotopic (exact) mass is 486 g/mol. The van der Waals surface area contributed by atoms with Gasteiger partial charge in [0, 0.05) is 12.1 Å². The first kappa shape index (κ1) is 21.8. The Morgan fingerprint density at radius 3 is 2.71 bits per heavy atom. The first-order chi connectivity index (χ1) is 16.7. The van der Waals surface area contributed by atoms with E-state index in [4.69, 9.17) is 14.9 Å². The fourth-order valence-electron chi connectivity index (χ4n) is 4.95. The Kier molecular flexibility index (Phi) is 4.74. The number of nitrogens with zero attached hydrogens (tertiary/aromatic N) is 3. The molecule has 0 radical (unpaired) electrons. The molecule has 0 saturated heterocycles. The topological polar surface area (TPSA) is 116 Å². The van der Waals surface area contributed by atoms with Gasteiger partial charge in [-0.05, 0) is 61.4 Å². The molecule has 6 rings (SSSR count). The van der Waals surface area contributed by atoms with Crippen LogP contribution >= 0.6 is 0 Å². The van der Waals surface area contributed by atoms with Crippen molar-refractivity contribution in [3.05, 3.63) is 35.4 Å². The number of aryl methyl sites for hydroxylation is 1. The number of imidazole rings is 1. The van der Waals surface area contributed by atoms with Crippen molar-refractivity contribution in [2.75, 3.05) is 12.3 Å². The van der Waals surface area contributed by atoms with Crippen molar-refractivity contribution < 1.29 is 32.2 Å². The number of aromatic nitrogens is 3. The van der Waals surface area contributed by atoms with Crippen LogP contribution in [0.4, 0.5) is 19.2 Å². The van der Waals surface area contributed by atoms with Crippen molar-refractivity contribution in [3.63, 3.8) is 0 Å². The van der Waals surface area contributed by atoms with Gasteiger partial charge in [-0.25, -0.2) is 4.98 Å². The second-order valence-corrected chi connectivity index (χ2v) is 9.16. The molecule has 3 heterocycles. The summed E-state index contributed by atoms with van der Waals surface area (Å²) in [5, 5.41) is 9.65. The number of nitrogen functional groups attached to an aromatic ring is 1. The number of halogens is 3. The molecule has 0 spiro atoms. The summed E-state index contributed by atoms with van der Waals surface area (Å²) in [5.74, 6) is -0.253. The van der Waals surface area contributed by atoms with Gasteiger partial charge in [0.25, 0.3) is 6.01 Å². The molecule has 2 aliphatic rings. The van der Waals surface area contributed by atoms with E-state index in [0.717, 1.165) is 24.5 Å². The van der Waals surface area contributed by atoms with Gasteiger partial charge >= 0.3 is 12.1 Å². The zero-order chi connectivity index (χ0) is 24.5. The number of rotatable bonds is 5. The van der Waals surface area contributed by atoms with Crippen LogP contribution in [0.1, 0.15) is 30.4 Å². The lowest BCUT2D eigenvalue weighted by Crippen LogP contribution is -2.18. The molecule has 3 N–H and O–H groups in total. The average Bonchev–Trinajstić information content (AvgIpc) is 3.50. The van der Waals surface area contributed by atoms with E-state index in [1.165, 1.54) is 6.07 Å². The smallest absolute Gasteiger partial charge is 0.420 e. The molecule has 1 aliphatic carbocycles. The second-order valence-electron chi connectivity index (χ2n) is 9.16. The number of nitrogens with two attached hydrogens (primary N) is 1. The molecule has 4 aromatic rings. The highest BCUT2D eigenvalue weighted by molar-refractivity contribution is 5.90. The summed E-state index contributed by atoms with van der Waals surface area (Å²) >= 11 is 0. The number of alkyl halides is 3. The lowest BCUT2D eigenvalue weighted by Gasteiger charge is -2.13. The Hall–Kier alpha value is -3.76. The van der Waals surface area contributed by atoms with Crippen LogP contribution in [-0.4, -0.2) is 32.2 Å². The molecule has 11 heteroatoms. The minimum Gasteiger partial charge on any atom is -0.491 e. The zero-order valence-electron chi connectivity index (χ0n) is 18.4. The van der Waals surface area contributed by atoms with Gasteiger partial charge in [-0.2, -0.15) is 18.2 Å². The predicted octanol–water partition coefficient (Wildman–Crippen LogP) is 4.88. The number of oxazole rings is 1. The van der Waals surface area contributed by atoms with Crippen LogP contribution < -0.4 is 10.5 Å². The maximum absolute atomic E-state index is 13.8. The first-order valence-corrected chi connectivity index (χ1v) is 11.4. The van der Waals surface area contributed by atoms with Gasteiger partial charge in [-0.15, -0.1) is 0 Å².